The summed E-state index contributed by atoms with van der Waals surface area (Å²) in [4.78, 5) is 14.3. The van der Waals surface area contributed by atoms with Crippen LogP contribution in [-0.2, 0) is 9.53 Å². The van der Waals surface area contributed by atoms with E-state index in [0.717, 1.165) is 25.0 Å². The van der Waals surface area contributed by atoms with Crippen molar-refractivity contribution < 1.29 is 13.9 Å². The Morgan fingerprint density at radius 1 is 1.48 bits per heavy atom. The Morgan fingerprint density at radius 2 is 2.29 bits per heavy atom. The molecule has 2 fully saturated rings. The molecule has 21 heavy (non-hydrogen) atoms. The third kappa shape index (κ3) is 2.68. The average molecular weight is 292 g/mol. The zero-order chi connectivity index (χ0) is 15.0. The van der Waals surface area contributed by atoms with Crippen molar-refractivity contribution in [1.29, 1.82) is 0 Å². The number of halogens is 1. The molecule has 0 saturated carbocycles. The molecule has 4 nitrogen and oxygen atoms in total. The second kappa shape index (κ2) is 5.73. The van der Waals surface area contributed by atoms with Crippen LogP contribution in [0.4, 0.5) is 4.39 Å². The fraction of sp³-hybridized carbons (Fsp3) is 0.562. The lowest BCUT2D eigenvalue weighted by Crippen LogP contribution is -2.44. The number of ether oxygens (including phenoxy) is 1. The molecule has 1 aromatic rings. The lowest BCUT2D eigenvalue weighted by atomic mass is 10.1. The normalized spacial score (nSPS) is 30.9. The Kier molecular flexibility index (Phi) is 3.95. The highest BCUT2D eigenvalue weighted by molar-refractivity contribution is 5.84. The molecule has 0 radical (unpaired) electrons. The smallest absolute Gasteiger partial charge is 0.241 e. The van der Waals surface area contributed by atoms with Gasteiger partial charge in [-0.1, -0.05) is 12.1 Å². The van der Waals surface area contributed by atoms with Crippen molar-refractivity contribution in [2.75, 3.05) is 6.61 Å². The number of rotatable bonds is 3. The molecule has 5 heteroatoms. The predicted molar refractivity (Wildman–Crippen MR) is 77.0 cm³/mol. The monoisotopic (exact) mass is 292 g/mol. The summed E-state index contributed by atoms with van der Waals surface area (Å²) >= 11 is 0. The first-order valence-electron chi connectivity index (χ1n) is 7.53. The number of benzene rings is 1. The number of carbonyl (C=O) groups is 1. The summed E-state index contributed by atoms with van der Waals surface area (Å²) in [6.45, 7) is 4.61. The third-order valence-corrected chi connectivity index (χ3v) is 4.42. The highest BCUT2D eigenvalue weighted by atomic mass is 19.1. The maximum atomic E-state index is 13.5. The van der Waals surface area contributed by atoms with Gasteiger partial charge in [-0.05, 0) is 44.4 Å². The molecule has 2 aliphatic rings. The van der Waals surface area contributed by atoms with Gasteiger partial charge in [0.05, 0.1) is 18.2 Å². The van der Waals surface area contributed by atoms with E-state index in [-0.39, 0.29) is 36.1 Å². The molecule has 0 aromatic heterocycles. The largest absolute Gasteiger partial charge is 0.376 e. The number of nitrogens with zero attached hydrogens (tertiary/aromatic N) is 1. The Labute approximate surface area is 124 Å². The quantitative estimate of drug-likeness (QED) is 0.928. The van der Waals surface area contributed by atoms with Gasteiger partial charge in [0.25, 0.3) is 0 Å². The van der Waals surface area contributed by atoms with Crippen molar-refractivity contribution in [2.24, 2.45) is 0 Å². The molecule has 3 rings (SSSR count). The summed E-state index contributed by atoms with van der Waals surface area (Å²) in [6, 6.07) is 6.14. The van der Waals surface area contributed by atoms with Gasteiger partial charge >= 0.3 is 0 Å². The van der Waals surface area contributed by atoms with Crippen molar-refractivity contribution in [2.45, 2.75) is 51.0 Å². The average Bonchev–Trinajstić information content (AvgIpc) is 3.08. The van der Waals surface area contributed by atoms with Crippen LogP contribution in [0, 0.1) is 5.82 Å². The summed E-state index contributed by atoms with van der Waals surface area (Å²) in [5.41, 5.74) is 0.776. The second-order valence-corrected chi connectivity index (χ2v) is 5.88. The van der Waals surface area contributed by atoms with Crippen LogP contribution < -0.4 is 5.32 Å². The van der Waals surface area contributed by atoms with E-state index in [9.17, 15) is 9.18 Å². The van der Waals surface area contributed by atoms with E-state index in [1.54, 1.807) is 6.07 Å². The lowest BCUT2D eigenvalue weighted by molar-refractivity contribution is -0.134. The molecule has 1 amide bonds. The van der Waals surface area contributed by atoms with Gasteiger partial charge < -0.3 is 9.64 Å². The Bertz CT molecular complexity index is 531. The molecule has 0 bridgehead atoms. The first-order valence-corrected chi connectivity index (χ1v) is 7.53. The summed E-state index contributed by atoms with van der Waals surface area (Å²) in [7, 11) is 0. The van der Waals surface area contributed by atoms with Crippen LogP contribution in [0.5, 0.6) is 0 Å². The second-order valence-electron chi connectivity index (χ2n) is 5.88. The van der Waals surface area contributed by atoms with E-state index in [1.165, 1.54) is 12.1 Å². The van der Waals surface area contributed by atoms with E-state index in [2.05, 4.69) is 5.32 Å². The summed E-state index contributed by atoms with van der Waals surface area (Å²) in [5, 5.41) is 3.26. The van der Waals surface area contributed by atoms with Crippen LogP contribution in [-0.4, -0.2) is 35.6 Å². The highest BCUT2D eigenvalue weighted by Crippen LogP contribution is 2.31. The van der Waals surface area contributed by atoms with Crippen molar-refractivity contribution in [3.8, 4) is 0 Å². The highest BCUT2D eigenvalue weighted by Gasteiger charge is 2.42. The first kappa shape index (κ1) is 14.5. The summed E-state index contributed by atoms with van der Waals surface area (Å²) in [5.74, 6) is -0.238. The van der Waals surface area contributed by atoms with Crippen LogP contribution in [0.2, 0.25) is 0 Å². The van der Waals surface area contributed by atoms with Crippen LogP contribution in [0.15, 0.2) is 24.3 Å². The minimum Gasteiger partial charge on any atom is -0.376 e. The lowest BCUT2D eigenvalue weighted by Gasteiger charge is -2.33. The standard InChI is InChI=1S/C16H21FN2O2/c1-10-16(20)19(11(2)14-7-4-8-21-14)15(18-10)12-5-3-6-13(17)9-12/h3,5-6,9-11,14-15,18H,4,7-8H2,1-2H3. The Balaban J connectivity index is 1.88. The van der Waals surface area contributed by atoms with Crippen molar-refractivity contribution in [3.05, 3.63) is 35.6 Å². The number of carbonyl (C=O) groups excluding carboxylic acids is 1. The zero-order valence-electron chi connectivity index (χ0n) is 12.4. The van der Waals surface area contributed by atoms with E-state index in [1.807, 2.05) is 24.8 Å². The van der Waals surface area contributed by atoms with Gasteiger partial charge in [0.2, 0.25) is 5.91 Å². The maximum Gasteiger partial charge on any atom is 0.241 e. The zero-order valence-corrected chi connectivity index (χ0v) is 12.4. The van der Waals surface area contributed by atoms with Crippen LogP contribution in [0.3, 0.4) is 0 Å². The number of hydrogen-bond donors (Lipinski definition) is 1. The predicted octanol–water partition coefficient (Wildman–Crippen LogP) is 2.21. The van der Waals surface area contributed by atoms with Crippen molar-refractivity contribution in [3.63, 3.8) is 0 Å². The molecule has 4 unspecified atom stereocenters. The van der Waals surface area contributed by atoms with Gasteiger partial charge in [-0.15, -0.1) is 0 Å². The molecular weight excluding hydrogens is 271 g/mol. The Morgan fingerprint density at radius 3 is 2.95 bits per heavy atom. The minimum absolute atomic E-state index is 0.0225. The van der Waals surface area contributed by atoms with Gasteiger partial charge in [0, 0.05) is 6.61 Å². The van der Waals surface area contributed by atoms with Crippen LogP contribution >= 0.6 is 0 Å². The van der Waals surface area contributed by atoms with Gasteiger partial charge in [-0.25, -0.2) is 4.39 Å². The van der Waals surface area contributed by atoms with Gasteiger partial charge in [0.1, 0.15) is 12.0 Å². The molecule has 2 heterocycles. The number of amides is 1. The molecule has 4 atom stereocenters. The van der Waals surface area contributed by atoms with Crippen LogP contribution in [0.1, 0.15) is 38.4 Å². The maximum absolute atomic E-state index is 13.5. The van der Waals surface area contributed by atoms with E-state index >= 15 is 0 Å². The molecule has 0 spiro atoms. The van der Waals surface area contributed by atoms with Gasteiger partial charge in [-0.3, -0.25) is 10.1 Å². The summed E-state index contributed by atoms with van der Waals surface area (Å²) in [6.07, 6.45) is 1.78. The molecule has 1 N–H and O–H groups in total. The van der Waals surface area contributed by atoms with Gasteiger partial charge in [-0.2, -0.15) is 0 Å². The first-order chi connectivity index (χ1) is 10.1. The fourth-order valence-electron chi connectivity index (χ4n) is 3.27. The van der Waals surface area contributed by atoms with E-state index in [4.69, 9.17) is 4.74 Å². The minimum atomic E-state index is -0.289. The SMILES string of the molecule is CC1NC(c2cccc(F)c2)N(C(C)C2CCCO2)C1=O. The summed E-state index contributed by atoms with van der Waals surface area (Å²) < 4.78 is 19.2. The molecule has 0 aliphatic carbocycles. The van der Waals surface area contributed by atoms with E-state index in [0.29, 0.717) is 0 Å². The van der Waals surface area contributed by atoms with Crippen molar-refractivity contribution in [1.82, 2.24) is 10.2 Å². The van der Waals surface area contributed by atoms with Gasteiger partial charge in [0.15, 0.2) is 0 Å². The molecular formula is C16H21FN2O2. The molecule has 114 valence electrons. The van der Waals surface area contributed by atoms with E-state index < -0.39 is 0 Å². The third-order valence-electron chi connectivity index (χ3n) is 4.42. The fourth-order valence-corrected chi connectivity index (χ4v) is 3.27. The number of hydrogen-bond acceptors (Lipinski definition) is 3. The topological polar surface area (TPSA) is 41.6 Å². The molecule has 2 aliphatic heterocycles. The van der Waals surface area contributed by atoms with Crippen molar-refractivity contribution >= 4 is 5.91 Å². The molecule has 1 aromatic carbocycles. The Hall–Kier alpha value is -1.46. The number of nitrogens with one attached hydrogen (secondary N) is 1. The van der Waals surface area contributed by atoms with Crippen LogP contribution in [0.25, 0.3) is 0 Å². The molecule has 2 saturated heterocycles.